The quantitative estimate of drug-likeness (QED) is 0.727. The fourth-order valence-electron chi connectivity index (χ4n) is 3.40. The number of ether oxygens (including phenoxy) is 1. The second-order valence-electron chi connectivity index (χ2n) is 6.86. The van der Waals surface area contributed by atoms with Crippen LogP contribution in [0.2, 0.25) is 0 Å². The standard InChI is InChI=1S/C22H26N2O3/c1-4-5-13-23(2)19-9-6-16(7-10-19)21(25)24-14-12-17-15-18(22(26)27-3)8-11-20(17)24/h6-11,15H,4-5,12-14H2,1-3H3. The van der Waals surface area contributed by atoms with Crippen LogP contribution in [0.15, 0.2) is 42.5 Å². The highest BCUT2D eigenvalue weighted by molar-refractivity contribution is 6.07. The van der Waals surface area contributed by atoms with Gasteiger partial charge in [-0.2, -0.15) is 0 Å². The van der Waals surface area contributed by atoms with Crippen molar-refractivity contribution in [1.82, 2.24) is 0 Å². The van der Waals surface area contributed by atoms with E-state index in [4.69, 9.17) is 4.74 Å². The first-order chi connectivity index (χ1) is 13.0. The summed E-state index contributed by atoms with van der Waals surface area (Å²) < 4.78 is 4.77. The predicted molar refractivity (Wildman–Crippen MR) is 108 cm³/mol. The Morgan fingerprint density at radius 2 is 1.81 bits per heavy atom. The molecule has 3 rings (SSSR count). The monoisotopic (exact) mass is 366 g/mol. The Hall–Kier alpha value is -2.82. The van der Waals surface area contributed by atoms with Crippen LogP contribution in [0.4, 0.5) is 11.4 Å². The summed E-state index contributed by atoms with van der Waals surface area (Å²) in [5.74, 6) is -0.368. The van der Waals surface area contributed by atoms with Crippen molar-refractivity contribution in [3.63, 3.8) is 0 Å². The molecular weight excluding hydrogens is 340 g/mol. The zero-order valence-corrected chi connectivity index (χ0v) is 16.2. The Morgan fingerprint density at radius 3 is 2.48 bits per heavy atom. The van der Waals surface area contributed by atoms with Crippen LogP contribution >= 0.6 is 0 Å². The number of methoxy groups -OCH3 is 1. The van der Waals surface area contributed by atoms with Crippen LogP contribution in [0.3, 0.4) is 0 Å². The van der Waals surface area contributed by atoms with Crippen molar-refractivity contribution in [1.29, 1.82) is 0 Å². The maximum atomic E-state index is 13.0. The topological polar surface area (TPSA) is 49.9 Å². The molecule has 0 spiro atoms. The molecule has 5 heteroatoms. The predicted octanol–water partition coefficient (Wildman–Crippen LogP) is 3.91. The number of nitrogens with zero attached hydrogens (tertiary/aromatic N) is 2. The maximum absolute atomic E-state index is 13.0. The van der Waals surface area contributed by atoms with Crippen molar-refractivity contribution in [2.45, 2.75) is 26.2 Å². The van der Waals surface area contributed by atoms with Crippen LogP contribution in [0.1, 0.15) is 46.0 Å². The van der Waals surface area contributed by atoms with Gasteiger partial charge in [0.1, 0.15) is 0 Å². The minimum Gasteiger partial charge on any atom is -0.465 e. The van der Waals surface area contributed by atoms with Crippen LogP contribution in [0.5, 0.6) is 0 Å². The number of benzene rings is 2. The number of hydrogen-bond donors (Lipinski definition) is 0. The molecule has 0 aromatic heterocycles. The van der Waals surface area contributed by atoms with E-state index in [-0.39, 0.29) is 11.9 Å². The Bertz CT molecular complexity index is 830. The molecule has 0 bridgehead atoms. The molecule has 2 aromatic rings. The second kappa shape index (κ2) is 8.25. The van der Waals surface area contributed by atoms with E-state index in [0.29, 0.717) is 17.7 Å². The van der Waals surface area contributed by atoms with E-state index in [0.717, 1.165) is 42.7 Å². The minimum atomic E-state index is -0.356. The van der Waals surface area contributed by atoms with Crippen molar-refractivity contribution in [3.05, 3.63) is 59.2 Å². The molecule has 0 atom stereocenters. The molecule has 1 heterocycles. The van der Waals surface area contributed by atoms with Gasteiger partial charge in [-0.05, 0) is 60.9 Å². The summed E-state index contributed by atoms with van der Waals surface area (Å²) in [6, 6.07) is 13.1. The highest BCUT2D eigenvalue weighted by Crippen LogP contribution is 2.30. The number of rotatable bonds is 6. The van der Waals surface area contributed by atoms with Gasteiger partial charge < -0.3 is 14.5 Å². The molecule has 5 nitrogen and oxygen atoms in total. The van der Waals surface area contributed by atoms with Crippen LogP contribution in [-0.4, -0.2) is 39.1 Å². The number of unbranched alkanes of at least 4 members (excludes halogenated alkanes) is 1. The molecular formula is C22H26N2O3. The lowest BCUT2D eigenvalue weighted by Crippen LogP contribution is -2.29. The van der Waals surface area contributed by atoms with Gasteiger partial charge in [0.25, 0.3) is 5.91 Å². The van der Waals surface area contributed by atoms with E-state index >= 15 is 0 Å². The number of esters is 1. The van der Waals surface area contributed by atoms with E-state index in [2.05, 4.69) is 18.9 Å². The highest BCUT2D eigenvalue weighted by atomic mass is 16.5. The van der Waals surface area contributed by atoms with Gasteiger partial charge in [0.05, 0.1) is 12.7 Å². The van der Waals surface area contributed by atoms with Crippen LogP contribution in [0, 0.1) is 0 Å². The Labute approximate surface area is 160 Å². The van der Waals surface area contributed by atoms with E-state index in [1.165, 1.54) is 7.11 Å². The van der Waals surface area contributed by atoms with Gasteiger partial charge in [-0.25, -0.2) is 4.79 Å². The van der Waals surface area contributed by atoms with E-state index < -0.39 is 0 Å². The Morgan fingerprint density at radius 1 is 1.11 bits per heavy atom. The lowest BCUT2D eigenvalue weighted by molar-refractivity contribution is 0.0600. The van der Waals surface area contributed by atoms with Crippen molar-refractivity contribution in [2.24, 2.45) is 0 Å². The number of carbonyl (C=O) groups excluding carboxylic acids is 2. The molecule has 0 saturated heterocycles. The third kappa shape index (κ3) is 3.97. The molecule has 0 N–H and O–H groups in total. The third-order valence-electron chi connectivity index (χ3n) is 5.04. The Balaban J connectivity index is 1.75. The average Bonchev–Trinajstić information content (AvgIpc) is 3.14. The molecule has 1 aliphatic heterocycles. The number of fused-ring (bicyclic) bond motifs is 1. The van der Waals surface area contributed by atoms with Crippen molar-refractivity contribution < 1.29 is 14.3 Å². The summed E-state index contributed by atoms with van der Waals surface area (Å²) in [7, 11) is 3.44. The first-order valence-electron chi connectivity index (χ1n) is 9.39. The molecule has 2 aromatic carbocycles. The normalized spacial score (nSPS) is 12.6. The smallest absolute Gasteiger partial charge is 0.337 e. The average molecular weight is 366 g/mol. The largest absolute Gasteiger partial charge is 0.465 e. The molecule has 27 heavy (non-hydrogen) atoms. The molecule has 0 unspecified atom stereocenters. The number of carbonyl (C=O) groups is 2. The molecule has 142 valence electrons. The van der Waals surface area contributed by atoms with Gasteiger partial charge in [0.15, 0.2) is 0 Å². The van der Waals surface area contributed by atoms with Gasteiger partial charge in [0.2, 0.25) is 0 Å². The van der Waals surface area contributed by atoms with Gasteiger partial charge >= 0.3 is 5.97 Å². The molecule has 1 amide bonds. The first-order valence-corrected chi connectivity index (χ1v) is 9.39. The second-order valence-corrected chi connectivity index (χ2v) is 6.86. The lowest BCUT2D eigenvalue weighted by atomic mass is 10.1. The summed E-state index contributed by atoms with van der Waals surface area (Å²) in [5, 5.41) is 0. The fourth-order valence-corrected chi connectivity index (χ4v) is 3.40. The van der Waals surface area contributed by atoms with Gasteiger partial charge in [-0.1, -0.05) is 13.3 Å². The zero-order valence-electron chi connectivity index (χ0n) is 16.2. The SMILES string of the molecule is CCCCN(C)c1ccc(C(=O)N2CCc3cc(C(=O)OC)ccc32)cc1. The van der Waals surface area contributed by atoms with Gasteiger partial charge in [-0.15, -0.1) is 0 Å². The van der Waals surface area contributed by atoms with Crippen LogP contribution in [0.25, 0.3) is 0 Å². The number of hydrogen-bond acceptors (Lipinski definition) is 4. The minimum absolute atomic E-state index is 0.0117. The first kappa shape index (κ1) is 19.0. The van der Waals surface area contributed by atoms with Crippen molar-refractivity contribution in [3.8, 4) is 0 Å². The van der Waals surface area contributed by atoms with E-state index in [1.807, 2.05) is 36.4 Å². The van der Waals surface area contributed by atoms with E-state index in [1.54, 1.807) is 11.0 Å². The summed E-state index contributed by atoms with van der Waals surface area (Å²) in [5.41, 5.74) is 4.18. The Kier molecular flexibility index (Phi) is 5.79. The van der Waals surface area contributed by atoms with Crippen molar-refractivity contribution in [2.75, 3.05) is 37.0 Å². The number of anilines is 2. The fraction of sp³-hybridized carbons (Fsp3) is 0.364. The van der Waals surface area contributed by atoms with Crippen LogP contribution < -0.4 is 9.80 Å². The molecule has 0 radical (unpaired) electrons. The molecule has 0 fully saturated rings. The summed E-state index contributed by atoms with van der Waals surface area (Å²) in [4.78, 5) is 28.6. The molecule has 0 aliphatic carbocycles. The summed E-state index contributed by atoms with van der Waals surface area (Å²) in [6.07, 6.45) is 3.05. The van der Waals surface area contributed by atoms with Gasteiger partial charge in [-0.3, -0.25) is 4.79 Å². The molecule has 1 aliphatic rings. The lowest BCUT2D eigenvalue weighted by Gasteiger charge is -2.20. The highest BCUT2D eigenvalue weighted by Gasteiger charge is 2.26. The zero-order chi connectivity index (χ0) is 19.4. The number of amides is 1. The summed E-state index contributed by atoms with van der Waals surface area (Å²) in [6.45, 7) is 3.81. The van der Waals surface area contributed by atoms with Crippen LogP contribution in [-0.2, 0) is 11.2 Å². The third-order valence-corrected chi connectivity index (χ3v) is 5.04. The van der Waals surface area contributed by atoms with E-state index in [9.17, 15) is 9.59 Å². The van der Waals surface area contributed by atoms with Gasteiger partial charge in [0, 0.05) is 37.1 Å². The maximum Gasteiger partial charge on any atom is 0.337 e. The summed E-state index contributed by atoms with van der Waals surface area (Å²) >= 11 is 0. The van der Waals surface area contributed by atoms with Crippen molar-refractivity contribution >= 4 is 23.3 Å². The molecule has 0 saturated carbocycles.